The molecule has 98 valence electrons. The van der Waals surface area contributed by atoms with Crippen molar-refractivity contribution >= 4 is 6.02 Å². The first-order valence-electron chi connectivity index (χ1n) is 6.09. The van der Waals surface area contributed by atoms with Crippen molar-refractivity contribution in [3.8, 4) is 11.5 Å². The number of phenols is 1. The normalized spacial score (nSPS) is 20.1. The summed E-state index contributed by atoms with van der Waals surface area (Å²) in [5.41, 5.74) is 5.47. The van der Waals surface area contributed by atoms with Crippen molar-refractivity contribution in [1.82, 2.24) is 0 Å². The fourth-order valence-corrected chi connectivity index (χ4v) is 1.91. The fraction of sp³-hybridized carbons (Fsp3) is 0.462. The molecule has 0 fully saturated rings. The number of amidine groups is 1. The lowest BCUT2D eigenvalue weighted by atomic mass is 10.1. The van der Waals surface area contributed by atoms with Gasteiger partial charge in [0.1, 0.15) is 24.2 Å². The third-order valence-corrected chi connectivity index (χ3v) is 2.84. The van der Waals surface area contributed by atoms with E-state index in [1.807, 2.05) is 6.07 Å². The Morgan fingerprint density at radius 3 is 3.06 bits per heavy atom. The first kappa shape index (κ1) is 12.5. The fourth-order valence-electron chi connectivity index (χ4n) is 1.91. The Hall–Kier alpha value is -1.91. The van der Waals surface area contributed by atoms with Gasteiger partial charge in [0.25, 0.3) is 6.02 Å². The number of rotatable bonds is 5. The minimum atomic E-state index is 0.0371. The van der Waals surface area contributed by atoms with Crippen molar-refractivity contribution in [2.45, 2.75) is 31.9 Å². The number of aromatic hydroxyl groups is 1. The topological polar surface area (TPSA) is 77.1 Å². The van der Waals surface area contributed by atoms with Crippen LogP contribution in [-0.2, 0) is 4.74 Å². The number of benzene rings is 1. The monoisotopic (exact) mass is 250 g/mol. The first-order chi connectivity index (χ1) is 8.67. The zero-order valence-corrected chi connectivity index (χ0v) is 10.4. The van der Waals surface area contributed by atoms with Gasteiger partial charge in [0.2, 0.25) is 0 Å². The van der Waals surface area contributed by atoms with E-state index < -0.39 is 0 Å². The SMILES string of the molecule is CCC(CC1COC(N)=N1)Oc1cccc(O)c1. The van der Waals surface area contributed by atoms with Crippen LogP contribution in [0.1, 0.15) is 19.8 Å². The van der Waals surface area contributed by atoms with Crippen molar-refractivity contribution in [3.05, 3.63) is 24.3 Å². The van der Waals surface area contributed by atoms with Gasteiger partial charge in [-0.25, -0.2) is 4.99 Å². The largest absolute Gasteiger partial charge is 0.508 e. The molecule has 1 aliphatic rings. The van der Waals surface area contributed by atoms with Gasteiger partial charge >= 0.3 is 0 Å². The standard InChI is InChI=1S/C13H18N2O3/c1-2-11(6-9-8-17-13(14)15-9)18-12-5-3-4-10(16)7-12/h3-5,7,9,11,16H,2,6,8H2,1H3,(H2,14,15). The molecule has 18 heavy (non-hydrogen) atoms. The molecule has 0 amide bonds. The van der Waals surface area contributed by atoms with E-state index in [2.05, 4.69) is 11.9 Å². The Kier molecular flexibility index (Phi) is 3.92. The van der Waals surface area contributed by atoms with Gasteiger partial charge in [0, 0.05) is 12.5 Å². The molecule has 0 aliphatic carbocycles. The van der Waals surface area contributed by atoms with Crippen molar-refractivity contribution in [3.63, 3.8) is 0 Å². The molecule has 0 saturated heterocycles. The van der Waals surface area contributed by atoms with Gasteiger partial charge in [-0.1, -0.05) is 13.0 Å². The van der Waals surface area contributed by atoms with E-state index in [9.17, 15) is 5.11 Å². The lowest BCUT2D eigenvalue weighted by molar-refractivity contribution is 0.168. The number of hydrogen-bond donors (Lipinski definition) is 2. The van der Waals surface area contributed by atoms with Crippen molar-refractivity contribution in [2.24, 2.45) is 10.7 Å². The van der Waals surface area contributed by atoms with Gasteiger partial charge in [0.05, 0.1) is 6.04 Å². The van der Waals surface area contributed by atoms with E-state index in [-0.39, 0.29) is 23.9 Å². The van der Waals surface area contributed by atoms with Gasteiger partial charge < -0.3 is 20.3 Å². The van der Waals surface area contributed by atoms with Crippen LogP contribution >= 0.6 is 0 Å². The highest BCUT2D eigenvalue weighted by Gasteiger charge is 2.21. The van der Waals surface area contributed by atoms with Crippen LogP contribution in [0.5, 0.6) is 11.5 Å². The maximum Gasteiger partial charge on any atom is 0.282 e. The molecule has 2 atom stereocenters. The number of ether oxygens (including phenoxy) is 2. The van der Waals surface area contributed by atoms with E-state index in [0.717, 1.165) is 12.8 Å². The molecule has 1 aromatic rings. The quantitative estimate of drug-likeness (QED) is 0.833. The van der Waals surface area contributed by atoms with Crippen LogP contribution in [0.25, 0.3) is 0 Å². The number of phenolic OH excluding ortho intramolecular Hbond substituents is 1. The Morgan fingerprint density at radius 1 is 1.61 bits per heavy atom. The van der Waals surface area contributed by atoms with Gasteiger partial charge in [-0.15, -0.1) is 0 Å². The van der Waals surface area contributed by atoms with Crippen molar-refractivity contribution in [2.75, 3.05) is 6.61 Å². The summed E-state index contributed by atoms with van der Waals surface area (Å²) in [4.78, 5) is 4.18. The highest BCUT2D eigenvalue weighted by molar-refractivity contribution is 5.73. The maximum absolute atomic E-state index is 9.38. The Morgan fingerprint density at radius 2 is 2.44 bits per heavy atom. The van der Waals surface area contributed by atoms with Gasteiger partial charge in [0.15, 0.2) is 0 Å². The molecule has 1 heterocycles. The second-order valence-corrected chi connectivity index (χ2v) is 4.31. The Balaban J connectivity index is 1.93. The molecule has 5 heteroatoms. The summed E-state index contributed by atoms with van der Waals surface area (Å²) in [6, 6.07) is 7.12. The summed E-state index contributed by atoms with van der Waals surface area (Å²) < 4.78 is 10.9. The van der Waals surface area contributed by atoms with Crippen LogP contribution in [0.3, 0.4) is 0 Å². The zero-order valence-electron chi connectivity index (χ0n) is 10.4. The molecule has 5 nitrogen and oxygen atoms in total. The van der Waals surface area contributed by atoms with Crippen molar-refractivity contribution < 1.29 is 14.6 Å². The molecule has 2 unspecified atom stereocenters. The van der Waals surface area contributed by atoms with Gasteiger partial charge in [-0.2, -0.15) is 0 Å². The number of nitrogens with zero attached hydrogens (tertiary/aromatic N) is 1. The van der Waals surface area contributed by atoms with E-state index in [4.69, 9.17) is 15.2 Å². The minimum Gasteiger partial charge on any atom is -0.508 e. The molecule has 0 aromatic heterocycles. The highest BCUT2D eigenvalue weighted by Crippen LogP contribution is 2.22. The van der Waals surface area contributed by atoms with Crippen LogP contribution in [0.2, 0.25) is 0 Å². The van der Waals surface area contributed by atoms with Crippen LogP contribution in [0, 0.1) is 0 Å². The third kappa shape index (κ3) is 3.29. The van der Waals surface area contributed by atoms with Gasteiger partial charge in [-0.3, -0.25) is 0 Å². The molecule has 1 aromatic carbocycles. The molecule has 1 aliphatic heterocycles. The molecule has 0 spiro atoms. The smallest absolute Gasteiger partial charge is 0.282 e. The number of aliphatic imine (C=N–C) groups is 1. The molecule has 0 bridgehead atoms. The lowest BCUT2D eigenvalue weighted by Crippen LogP contribution is -2.22. The van der Waals surface area contributed by atoms with Crippen LogP contribution in [-0.4, -0.2) is 29.9 Å². The highest BCUT2D eigenvalue weighted by atomic mass is 16.5. The third-order valence-electron chi connectivity index (χ3n) is 2.84. The van der Waals surface area contributed by atoms with Gasteiger partial charge in [-0.05, 0) is 18.6 Å². The van der Waals surface area contributed by atoms with Crippen LogP contribution < -0.4 is 10.5 Å². The zero-order chi connectivity index (χ0) is 13.0. The maximum atomic E-state index is 9.38. The second-order valence-electron chi connectivity index (χ2n) is 4.31. The molecular formula is C13H18N2O3. The summed E-state index contributed by atoms with van der Waals surface area (Å²) in [5, 5.41) is 9.38. The summed E-state index contributed by atoms with van der Waals surface area (Å²) in [6.07, 6.45) is 1.66. The first-order valence-corrected chi connectivity index (χ1v) is 6.09. The predicted octanol–water partition coefficient (Wildman–Crippen LogP) is 1.65. The lowest BCUT2D eigenvalue weighted by Gasteiger charge is -2.19. The van der Waals surface area contributed by atoms with E-state index >= 15 is 0 Å². The minimum absolute atomic E-state index is 0.0371. The van der Waals surface area contributed by atoms with E-state index in [0.29, 0.717) is 12.4 Å². The predicted molar refractivity (Wildman–Crippen MR) is 68.8 cm³/mol. The molecule has 0 saturated carbocycles. The summed E-state index contributed by atoms with van der Waals surface area (Å²) in [6.45, 7) is 2.57. The number of nitrogens with two attached hydrogens (primary N) is 1. The molecular weight excluding hydrogens is 232 g/mol. The summed E-state index contributed by atoms with van der Waals surface area (Å²) in [7, 11) is 0. The molecule has 2 rings (SSSR count). The molecule has 3 N–H and O–H groups in total. The van der Waals surface area contributed by atoms with Crippen LogP contribution in [0.15, 0.2) is 29.3 Å². The van der Waals surface area contributed by atoms with Crippen molar-refractivity contribution in [1.29, 1.82) is 0 Å². The molecule has 0 radical (unpaired) electrons. The Bertz CT molecular complexity index is 434. The summed E-state index contributed by atoms with van der Waals surface area (Å²) in [5.74, 6) is 0.867. The van der Waals surface area contributed by atoms with E-state index in [1.54, 1.807) is 18.2 Å². The average Bonchev–Trinajstić information content (AvgIpc) is 2.74. The van der Waals surface area contributed by atoms with E-state index in [1.165, 1.54) is 0 Å². The number of hydrogen-bond acceptors (Lipinski definition) is 5. The van der Waals surface area contributed by atoms with Crippen LogP contribution in [0.4, 0.5) is 0 Å². The Labute approximate surface area is 106 Å². The summed E-state index contributed by atoms with van der Waals surface area (Å²) >= 11 is 0. The second kappa shape index (κ2) is 5.62. The average molecular weight is 250 g/mol.